The van der Waals surface area contributed by atoms with Gasteiger partial charge in [-0.15, -0.1) is 0 Å². The number of hydrogen-bond donors (Lipinski definition) is 0. The second-order valence-electron chi connectivity index (χ2n) is 8.76. The first-order valence-electron chi connectivity index (χ1n) is 11.2. The van der Waals surface area contributed by atoms with E-state index >= 15 is 0 Å². The van der Waals surface area contributed by atoms with E-state index in [1.165, 1.54) is 28.0 Å². The number of benzene rings is 3. The van der Waals surface area contributed by atoms with Crippen LogP contribution in [0.3, 0.4) is 0 Å². The zero-order valence-corrected chi connectivity index (χ0v) is 18.4. The molecule has 0 radical (unpaired) electrons. The van der Waals surface area contributed by atoms with Crippen LogP contribution in [0.1, 0.15) is 55.6 Å². The molecule has 0 amide bonds. The van der Waals surface area contributed by atoms with E-state index in [1.54, 1.807) is 0 Å². The molecule has 4 rings (SSSR count). The lowest BCUT2D eigenvalue weighted by Gasteiger charge is -2.16. The number of aromatic nitrogens is 2. The first kappa shape index (κ1) is 20.4. The molecule has 154 valence electrons. The van der Waals surface area contributed by atoms with Crippen LogP contribution in [0.25, 0.3) is 11.0 Å². The summed E-state index contributed by atoms with van der Waals surface area (Å²) in [5.41, 5.74) is 6.48. The summed E-state index contributed by atoms with van der Waals surface area (Å²) in [6.45, 7) is 7.82. The van der Waals surface area contributed by atoms with Crippen molar-refractivity contribution in [2.24, 2.45) is 5.92 Å². The fourth-order valence-corrected chi connectivity index (χ4v) is 4.31. The molecular formula is C28H32N2. The van der Waals surface area contributed by atoms with Gasteiger partial charge in [-0.1, -0.05) is 87.5 Å². The standard InChI is InChI=1S/C28H32N2/c1-21(2)20-24-15-17-25(18-16-24)22(3)28-29-26-13-7-8-14-27(26)30(28)19-9-12-23-10-5-4-6-11-23/h4-8,10-11,13-18,21-22H,9,12,19-20H2,1-3H3. The Morgan fingerprint density at radius 2 is 1.47 bits per heavy atom. The lowest BCUT2D eigenvalue weighted by Crippen LogP contribution is -2.09. The van der Waals surface area contributed by atoms with Gasteiger partial charge in [0.05, 0.1) is 11.0 Å². The minimum Gasteiger partial charge on any atom is -0.327 e. The minimum atomic E-state index is 0.266. The van der Waals surface area contributed by atoms with Crippen LogP contribution < -0.4 is 0 Å². The smallest absolute Gasteiger partial charge is 0.117 e. The van der Waals surface area contributed by atoms with Crippen LogP contribution in [0, 0.1) is 5.92 Å². The minimum absolute atomic E-state index is 0.266. The van der Waals surface area contributed by atoms with Crippen LogP contribution >= 0.6 is 0 Å². The van der Waals surface area contributed by atoms with Gasteiger partial charge in [0.25, 0.3) is 0 Å². The first-order chi connectivity index (χ1) is 14.6. The second-order valence-corrected chi connectivity index (χ2v) is 8.76. The Kier molecular flexibility index (Phi) is 6.32. The molecule has 0 aliphatic carbocycles. The average molecular weight is 397 g/mol. The normalized spacial score (nSPS) is 12.5. The van der Waals surface area contributed by atoms with Crippen molar-refractivity contribution in [3.63, 3.8) is 0 Å². The first-order valence-corrected chi connectivity index (χ1v) is 11.2. The maximum Gasteiger partial charge on any atom is 0.117 e. The number of para-hydroxylation sites is 2. The summed E-state index contributed by atoms with van der Waals surface area (Å²) < 4.78 is 2.44. The summed E-state index contributed by atoms with van der Waals surface area (Å²) >= 11 is 0. The molecule has 0 bridgehead atoms. The molecular weight excluding hydrogens is 364 g/mol. The van der Waals surface area contributed by atoms with Crippen LogP contribution in [-0.4, -0.2) is 9.55 Å². The number of nitrogens with zero attached hydrogens (tertiary/aromatic N) is 2. The number of fused-ring (bicyclic) bond motifs is 1. The molecule has 2 nitrogen and oxygen atoms in total. The molecule has 1 atom stereocenters. The van der Waals surface area contributed by atoms with Gasteiger partial charge in [-0.05, 0) is 54.0 Å². The maximum atomic E-state index is 5.05. The third kappa shape index (κ3) is 4.64. The van der Waals surface area contributed by atoms with Gasteiger partial charge in [0.2, 0.25) is 0 Å². The summed E-state index contributed by atoms with van der Waals surface area (Å²) in [5.74, 6) is 2.12. The van der Waals surface area contributed by atoms with Crippen molar-refractivity contribution in [1.82, 2.24) is 9.55 Å². The molecule has 0 spiro atoms. The van der Waals surface area contributed by atoms with Gasteiger partial charge in [0.15, 0.2) is 0 Å². The highest BCUT2D eigenvalue weighted by molar-refractivity contribution is 5.76. The van der Waals surface area contributed by atoms with Crippen LogP contribution in [0.5, 0.6) is 0 Å². The zero-order valence-electron chi connectivity index (χ0n) is 18.4. The van der Waals surface area contributed by atoms with Crippen molar-refractivity contribution in [2.45, 2.75) is 52.5 Å². The Morgan fingerprint density at radius 3 is 2.20 bits per heavy atom. The predicted octanol–water partition coefficient (Wildman–Crippen LogP) is 7.02. The van der Waals surface area contributed by atoms with Gasteiger partial charge in [0.1, 0.15) is 5.82 Å². The Bertz CT molecular complexity index is 1070. The molecule has 0 saturated carbocycles. The van der Waals surface area contributed by atoms with Gasteiger partial charge in [0, 0.05) is 12.5 Å². The zero-order chi connectivity index (χ0) is 20.9. The maximum absolute atomic E-state index is 5.05. The van der Waals surface area contributed by atoms with Gasteiger partial charge in [-0.3, -0.25) is 0 Å². The van der Waals surface area contributed by atoms with Crippen LogP contribution in [0.4, 0.5) is 0 Å². The van der Waals surface area contributed by atoms with Gasteiger partial charge in [-0.25, -0.2) is 4.98 Å². The molecule has 0 saturated heterocycles. The highest BCUT2D eigenvalue weighted by Gasteiger charge is 2.18. The molecule has 4 aromatic rings. The Morgan fingerprint density at radius 1 is 0.767 bits per heavy atom. The number of imidazole rings is 1. The summed E-state index contributed by atoms with van der Waals surface area (Å²) in [4.78, 5) is 5.05. The molecule has 0 fully saturated rings. The van der Waals surface area contributed by atoms with Gasteiger partial charge < -0.3 is 4.57 Å². The third-order valence-electron chi connectivity index (χ3n) is 5.89. The van der Waals surface area contributed by atoms with Gasteiger partial charge in [-0.2, -0.15) is 0 Å². The van der Waals surface area contributed by atoms with E-state index in [0.717, 1.165) is 31.3 Å². The van der Waals surface area contributed by atoms with Crippen molar-refractivity contribution in [1.29, 1.82) is 0 Å². The highest BCUT2D eigenvalue weighted by atomic mass is 15.1. The third-order valence-corrected chi connectivity index (χ3v) is 5.89. The van der Waals surface area contributed by atoms with E-state index in [4.69, 9.17) is 4.98 Å². The summed E-state index contributed by atoms with van der Waals surface area (Å²) in [7, 11) is 0. The van der Waals surface area contributed by atoms with E-state index in [9.17, 15) is 0 Å². The Hall–Kier alpha value is -2.87. The van der Waals surface area contributed by atoms with Crippen LogP contribution in [-0.2, 0) is 19.4 Å². The van der Waals surface area contributed by atoms with Crippen molar-refractivity contribution in [3.05, 3.63) is 101 Å². The molecule has 2 heteroatoms. The molecule has 1 unspecified atom stereocenters. The van der Waals surface area contributed by atoms with Crippen LogP contribution in [0.15, 0.2) is 78.9 Å². The topological polar surface area (TPSA) is 17.8 Å². The number of rotatable bonds is 8. The van der Waals surface area contributed by atoms with E-state index in [1.807, 2.05) is 0 Å². The van der Waals surface area contributed by atoms with E-state index in [-0.39, 0.29) is 5.92 Å². The van der Waals surface area contributed by atoms with Crippen molar-refractivity contribution >= 4 is 11.0 Å². The largest absolute Gasteiger partial charge is 0.327 e. The Labute approximate surface area is 180 Å². The summed E-state index contributed by atoms with van der Waals surface area (Å²) in [5, 5.41) is 0. The number of aryl methyl sites for hydroxylation is 2. The van der Waals surface area contributed by atoms with E-state index < -0.39 is 0 Å². The molecule has 0 aliphatic rings. The second kappa shape index (κ2) is 9.30. The highest BCUT2D eigenvalue weighted by Crippen LogP contribution is 2.28. The Balaban J connectivity index is 1.58. The van der Waals surface area contributed by atoms with Crippen molar-refractivity contribution in [2.75, 3.05) is 0 Å². The molecule has 0 aliphatic heterocycles. The lowest BCUT2D eigenvalue weighted by molar-refractivity contribution is 0.611. The number of hydrogen-bond acceptors (Lipinski definition) is 1. The van der Waals surface area contributed by atoms with Crippen molar-refractivity contribution < 1.29 is 0 Å². The SMILES string of the molecule is CC(C)Cc1ccc(C(C)c2nc3ccccc3n2CCCc2ccccc2)cc1. The molecule has 3 aromatic carbocycles. The quantitative estimate of drug-likeness (QED) is 0.313. The van der Waals surface area contributed by atoms with E-state index in [0.29, 0.717) is 5.92 Å². The lowest BCUT2D eigenvalue weighted by atomic mass is 9.96. The van der Waals surface area contributed by atoms with Gasteiger partial charge >= 0.3 is 0 Å². The average Bonchev–Trinajstić information content (AvgIpc) is 3.13. The molecule has 0 N–H and O–H groups in total. The van der Waals surface area contributed by atoms with E-state index in [2.05, 4.69) is 104 Å². The monoisotopic (exact) mass is 396 g/mol. The molecule has 1 aromatic heterocycles. The summed E-state index contributed by atoms with van der Waals surface area (Å²) in [6, 6.07) is 28.4. The fourth-order valence-electron chi connectivity index (χ4n) is 4.31. The fraction of sp³-hybridized carbons (Fsp3) is 0.321. The van der Waals surface area contributed by atoms with Crippen molar-refractivity contribution in [3.8, 4) is 0 Å². The summed E-state index contributed by atoms with van der Waals surface area (Å²) in [6.07, 6.45) is 3.33. The van der Waals surface area contributed by atoms with Crippen LogP contribution in [0.2, 0.25) is 0 Å². The predicted molar refractivity (Wildman–Crippen MR) is 127 cm³/mol. The molecule has 1 heterocycles. The molecule has 30 heavy (non-hydrogen) atoms.